The highest BCUT2D eigenvalue weighted by molar-refractivity contribution is 5.78. The molecule has 1 saturated carbocycles. The Hall–Kier alpha value is -0.570. The zero-order valence-electron chi connectivity index (χ0n) is 4.63. The van der Waals surface area contributed by atoms with Crippen molar-refractivity contribution < 1.29 is 4.79 Å². The van der Waals surface area contributed by atoms with Gasteiger partial charge in [0.1, 0.15) is 0 Å². The Kier molecular flexibility index (Phi) is 1.21. The van der Waals surface area contributed by atoms with E-state index in [0.29, 0.717) is 0 Å². The lowest BCUT2D eigenvalue weighted by Crippen LogP contribution is -2.46. The van der Waals surface area contributed by atoms with Crippen LogP contribution in [0.3, 0.4) is 0 Å². The molecular formula is C5H10N2O. The lowest BCUT2D eigenvalue weighted by molar-refractivity contribution is -0.124. The van der Waals surface area contributed by atoms with Crippen LogP contribution in [-0.2, 0) is 4.79 Å². The SMILES string of the molecule is NC(=O)C1CCC1N. The summed E-state index contributed by atoms with van der Waals surface area (Å²) in [5.41, 5.74) is 10.4. The minimum Gasteiger partial charge on any atom is -0.369 e. The summed E-state index contributed by atoms with van der Waals surface area (Å²) in [7, 11) is 0. The van der Waals surface area contributed by atoms with Gasteiger partial charge in [-0.2, -0.15) is 0 Å². The van der Waals surface area contributed by atoms with Gasteiger partial charge in [-0.25, -0.2) is 0 Å². The molecule has 1 aliphatic rings. The largest absolute Gasteiger partial charge is 0.369 e. The molecule has 1 rings (SSSR count). The van der Waals surface area contributed by atoms with E-state index in [-0.39, 0.29) is 17.9 Å². The van der Waals surface area contributed by atoms with Crippen LogP contribution in [-0.4, -0.2) is 11.9 Å². The average Bonchev–Trinajstić information content (AvgIpc) is 1.61. The quantitative estimate of drug-likeness (QED) is 0.469. The highest BCUT2D eigenvalue weighted by Gasteiger charge is 2.31. The molecule has 0 heterocycles. The molecule has 0 aliphatic heterocycles. The summed E-state index contributed by atoms with van der Waals surface area (Å²) in [5.74, 6) is -0.279. The molecular weight excluding hydrogens is 104 g/mol. The van der Waals surface area contributed by atoms with Gasteiger partial charge in [-0.15, -0.1) is 0 Å². The van der Waals surface area contributed by atoms with Crippen molar-refractivity contribution in [2.24, 2.45) is 17.4 Å². The molecule has 2 atom stereocenters. The molecule has 2 unspecified atom stereocenters. The zero-order valence-corrected chi connectivity index (χ0v) is 4.63. The van der Waals surface area contributed by atoms with E-state index in [1.807, 2.05) is 0 Å². The van der Waals surface area contributed by atoms with E-state index in [2.05, 4.69) is 0 Å². The number of rotatable bonds is 1. The van der Waals surface area contributed by atoms with Crippen molar-refractivity contribution in [1.82, 2.24) is 0 Å². The van der Waals surface area contributed by atoms with Crippen LogP contribution in [0.2, 0.25) is 0 Å². The van der Waals surface area contributed by atoms with Gasteiger partial charge >= 0.3 is 0 Å². The Morgan fingerprint density at radius 3 is 2.12 bits per heavy atom. The summed E-state index contributed by atoms with van der Waals surface area (Å²) < 4.78 is 0. The summed E-state index contributed by atoms with van der Waals surface area (Å²) >= 11 is 0. The van der Waals surface area contributed by atoms with E-state index in [4.69, 9.17) is 11.5 Å². The number of amides is 1. The van der Waals surface area contributed by atoms with Gasteiger partial charge in [0, 0.05) is 6.04 Å². The smallest absolute Gasteiger partial charge is 0.222 e. The number of hydrogen-bond donors (Lipinski definition) is 2. The molecule has 3 heteroatoms. The normalized spacial score (nSPS) is 36.1. The van der Waals surface area contributed by atoms with E-state index in [9.17, 15) is 4.79 Å². The molecule has 1 amide bonds. The van der Waals surface area contributed by atoms with E-state index < -0.39 is 0 Å². The second-order valence-electron chi connectivity index (χ2n) is 2.25. The first-order valence-corrected chi connectivity index (χ1v) is 2.76. The maximum absolute atomic E-state index is 10.3. The highest BCUT2D eigenvalue weighted by Crippen LogP contribution is 2.24. The van der Waals surface area contributed by atoms with Gasteiger partial charge in [0.15, 0.2) is 0 Å². The fraction of sp³-hybridized carbons (Fsp3) is 0.800. The van der Waals surface area contributed by atoms with Gasteiger partial charge in [0.25, 0.3) is 0 Å². The Bertz CT molecular complexity index is 113. The standard InChI is InChI=1S/C5H10N2O/c6-4-2-1-3(4)5(7)8/h3-4H,1-2,6H2,(H2,7,8). The van der Waals surface area contributed by atoms with Crippen LogP contribution in [0.1, 0.15) is 12.8 Å². The molecule has 0 spiro atoms. The van der Waals surface area contributed by atoms with Crippen LogP contribution in [0.4, 0.5) is 0 Å². The van der Waals surface area contributed by atoms with Gasteiger partial charge < -0.3 is 11.5 Å². The zero-order chi connectivity index (χ0) is 6.15. The lowest BCUT2D eigenvalue weighted by Gasteiger charge is -2.30. The van der Waals surface area contributed by atoms with Crippen LogP contribution in [0.15, 0.2) is 0 Å². The Balaban J connectivity index is 2.37. The summed E-state index contributed by atoms with van der Waals surface area (Å²) in [6.07, 6.45) is 1.84. The van der Waals surface area contributed by atoms with Crippen LogP contribution in [0, 0.1) is 5.92 Å². The van der Waals surface area contributed by atoms with Crippen molar-refractivity contribution >= 4 is 5.91 Å². The molecule has 1 fully saturated rings. The minimum absolute atomic E-state index is 0.0324. The maximum atomic E-state index is 10.3. The second kappa shape index (κ2) is 1.74. The summed E-state index contributed by atoms with van der Waals surface area (Å²) in [5, 5.41) is 0. The van der Waals surface area contributed by atoms with Crippen molar-refractivity contribution in [3.8, 4) is 0 Å². The molecule has 3 nitrogen and oxygen atoms in total. The van der Waals surface area contributed by atoms with Crippen LogP contribution in [0.25, 0.3) is 0 Å². The van der Waals surface area contributed by atoms with Crippen molar-refractivity contribution in [2.75, 3.05) is 0 Å². The predicted molar refractivity (Wildman–Crippen MR) is 29.9 cm³/mol. The first-order chi connectivity index (χ1) is 3.72. The average molecular weight is 114 g/mol. The number of primary amides is 1. The number of hydrogen-bond acceptors (Lipinski definition) is 2. The van der Waals surface area contributed by atoms with Gasteiger partial charge in [0.2, 0.25) is 5.91 Å². The monoisotopic (exact) mass is 114 g/mol. The van der Waals surface area contributed by atoms with Crippen molar-refractivity contribution in [2.45, 2.75) is 18.9 Å². The second-order valence-corrected chi connectivity index (χ2v) is 2.25. The molecule has 8 heavy (non-hydrogen) atoms. The van der Waals surface area contributed by atoms with Crippen molar-refractivity contribution in [1.29, 1.82) is 0 Å². The topological polar surface area (TPSA) is 69.1 Å². The highest BCUT2D eigenvalue weighted by atomic mass is 16.1. The van der Waals surface area contributed by atoms with Gasteiger partial charge in [-0.05, 0) is 12.8 Å². The first kappa shape index (κ1) is 5.56. The lowest BCUT2D eigenvalue weighted by atomic mass is 9.80. The van der Waals surface area contributed by atoms with Crippen molar-refractivity contribution in [3.05, 3.63) is 0 Å². The first-order valence-electron chi connectivity index (χ1n) is 2.76. The maximum Gasteiger partial charge on any atom is 0.222 e. The summed E-state index contributed by atoms with van der Waals surface area (Å²) in [6.45, 7) is 0. The van der Waals surface area contributed by atoms with E-state index in [1.165, 1.54) is 0 Å². The Labute approximate surface area is 48.0 Å². The van der Waals surface area contributed by atoms with Gasteiger partial charge in [0.05, 0.1) is 5.92 Å². The fourth-order valence-electron chi connectivity index (χ4n) is 0.879. The Morgan fingerprint density at radius 1 is 1.50 bits per heavy atom. The molecule has 0 radical (unpaired) electrons. The van der Waals surface area contributed by atoms with Gasteiger partial charge in [-0.3, -0.25) is 4.79 Å². The molecule has 0 aromatic rings. The predicted octanol–water partition coefficient (Wildman–Crippen LogP) is -0.791. The number of nitrogens with two attached hydrogens (primary N) is 2. The van der Waals surface area contributed by atoms with Crippen LogP contribution >= 0.6 is 0 Å². The third-order valence-electron chi connectivity index (χ3n) is 1.69. The molecule has 0 aromatic heterocycles. The minimum atomic E-state index is -0.247. The van der Waals surface area contributed by atoms with E-state index in [0.717, 1.165) is 12.8 Å². The molecule has 4 N–H and O–H groups in total. The van der Waals surface area contributed by atoms with Crippen LogP contribution in [0.5, 0.6) is 0 Å². The molecule has 0 aromatic carbocycles. The third kappa shape index (κ3) is 0.690. The molecule has 0 saturated heterocycles. The third-order valence-corrected chi connectivity index (χ3v) is 1.69. The summed E-state index contributed by atoms with van der Waals surface area (Å²) in [4.78, 5) is 10.3. The van der Waals surface area contributed by atoms with Crippen molar-refractivity contribution in [3.63, 3.8) is 0 Å². The molecule has 0 bridgehead atoms. The fourth-order valence-corrected chi connectivity index (χ4v) is 0.879. The van der Waals surface area contributed by atoms with E-state index >= 15 is 0 Å². The van der Waals surface area contributed by atoms with E-state index in [1.54, 1.807) is 0 Å². The molecule has 1 aliphatic carbocycles. The van der Waals surface area contributed by atoms with Crippen LogP contribution < -0.4 is 11.5 Å². The molecule has 46 valence electrons. The number of carbonyl (C=O) groups excluding carboxylic acids is 1. The summed E-state index contributed by atoms with van der Waals surface area (Å²) in [6, 6.07) is 0.0486. The number of carbonyl (C=O) groups is 1. The van der Waals surface area contributed by atoms with Gasteiger partial charge in [-0.1, -0.05) is 0 Å². The Morgan fingerprint density at radius 2 is 2.12 bits per heavy atom.